The molecule has 18 N–H and O–H groups in total. The van der Waals surface area contributed by atoms with Gasteiger partial charge in [-0.25, -0.2) is 9.59 Å². The minimum absolute atomic E-state index is 0.261. The van der Waals surface area contributed by atoms with Gasteiger partial charge in [-0.3, -0.25) is 20.2 Å². The maximum Gasteiger partial charge on any atom is 0.352 e. The fraction of sp³-hybridized carbons (Fsp3) is 0.471. The highest BCUT2D eigenvalue weighted by Gasteiger charge is 2.40. The maximum atomic E-state index is 12.2. The molecule has 0 aliphatic heterocycles. The largest absolute Gasteiger partial charge is 0.477 e. The number of aliphatic hydroxyl groups is 12. The number of carboxylic acid groups (broad SMARTS) is 2. The molecule has 0 saturated heterocycles. The first kappa shape index (κ1) is 47.7. The van der Waals surface area contributed by atoms with Crippen LogP contribution < -0.4 is 21.5 Å². The molecule has 2 aromatic carbocycles. The lowest BCUT2D eigenvalue weighted by Crippen LogP contribution is -2.68. The molecule has 0 unspecified atom stereocenters. The van der Waals surface area contributed by atoms with E-state index in [2.05, 4.69) is 20.6 Å². The van der Waals surface area contributed by atoms with Gasteiger partial charge < -0.3 is 81.5 Å². The van der Waals surface area contributed by atoms with Gasteiger partial charge in [-0.2, -0.15) is 0 Å². The number of aromatic nitrogens is 2. The third kappa shape index (κ3) is 10.5. The Morgan fingerprint density at radius 3 is 0.839 bits per heavy atom. The number of hydrogen-bond acceptors (Lipinski definition) is 18. The van der Waals surface area contributed by atoms with Crippen molar-refractivity contribution in [2.45, 2.75) is 22.2 Å². The number of benzene rings is 2. The zero-order valence-electron chi connectivity index (χ0n) is 29.8. The molecule has 0 atom stereocenters. The number of pyridine rings is 2. The molecule has 0 radical (unpaired) electrons. The number of fused-ring (bicyclic) bond motifs is 5. The Balaban J connectivity index is 0.000000313. The Morgan fingerprint density at radius 2 is 0.643 bits per heavy atom. The van der Waals surface area contributed by atoms with E-state index in [0.29, 0.717) is 32.6 Å². The zero-order valence-corrected chi connectivity index (χ0v) is 29.8. The van der Waals surface area contributed by atoms with Gasteiger partial charge in [-0.1, -0.05) is 12.1 Å². The highest BCUT2D eigenvalue weighted by Crippen LogP contribution is 2.27. The van der Waals surface area contributed by atoms with E-state index in [4.69, 9.17) is 71.5 Å². The lowest BCUT2D eigenvalue weighted by molar-refractivity contribution is -0.0310. The third-order valence-corrected chi connectivity index (χ3v) is 8.96. The van der Waals surface area contributed by atoms with E-state index in [0.717, 1.165) is 12.1 Å². The SMILES string of the molecule is O=C(O)c1cc(=O)c2ccc3c(ccc4c(=O)cc(C(=O)O)[nH]c43)c2[nH]1.OCC(CO)(CO)NC(CO)(CO)CO.OCC(CO)(CO)NC(CO)(CO)CO. The van der Waals surface area contributed by atoms with E-state index in [-0.39, 0.29) is 11.4 Å². The van der Waals surface area contributed by atoms with Crippen LogP contribution in [-0.2, 0) is 0 Å². The van der Waals surface area contributed by atoms with Crippen LogP contribution in [0.1, 0.15) is 21.0 Å². The molecule has 0 bridgehead atoms. The fourth-order valence-electron chi connectivity index (χ4n) is 5.27. The second-order valence-corrected chi connectivity index (χ2v) is 13.0. The van der Waals surface area contributed by atoms with Gasteiger partial charge in [-0.05, 0) is 12.1 Å². The van der Waals surface area contributed by atoms with E-state index in [1.165, 1.54) is 12.1 Å². The van der Waals surface area contributed by atoms with Gasteiger partial charge in [0.2, 0.25) is 0 Å². The average molecular weight is 801 g/mol. The topological polar surface area (TPSA) is 407 Å². The van der Waals surface area contributed by atoms with Gasteiger partial charge in [0.25, 0.3) is 0 Å². The number of hydrogen-bond donors (Lipinski definition) is 18. The van der Waals surface area contributed by atoms with Crippen molar-refractivity contribution in [3.05, 3.63) is 68.2 Å². The van der Waals surface area contributed by atoms with Crippen LogP contribution in [0.25, 0.3) is 32.6 Å². The molecule has 4 rings (SSSR count). The van der Waals surface area contributed by atoms with Crippen molar-refractivity contribution >= 4 is 44.5 Å². The van der Waals surface area contributed by atoms with Crippen LogP contribution in [-0.4, -0.2) is 195 Å². The minimum Gasteiger partial charge on any atom is -0.477 e. The van der Waals surface area contributed by atoms with Gasteiger partial charge in [0.05, 0.1) is 112 Å². The molecule has 0 fully saturated rings. The van der Waals surface area contributed by atoms with E-state index in [9.17, 15) is 19.2 Å². The van der Waals surface area contributed by atoms with Crippen molar-refractivity contribution in [2.75, 3.05) is 79.3 Å². The quantitative estimate of drug-likeness (QED) is 0.0416. The summed E-state index contributed by atoms with van der Waals surface area (Å²) in [6.45, 7) is -7.15. The van der Waals surface area contributed by atoms with Crippen molar-refractivity contribution < 1.29 is 81.1 Å². The Morgan fingerprint density at radius 1 is 0.429 bits per heavy atom. The molecule has 22 nitrogen and oxygen atoms in total. The van der Waals surface area contributed by atoms with Gasteiger partial charge in [-0.15, -0.1) is 0 Å². The summed E-state index contributed by atoms with van der Waals surface area (Å²) in [6, 6.07) is 8.21. The third-order valence-electron chi connectivity index (χ3n) is 8.96. The summed E-state index contributed by atoms with van der Waals surface area (Å²) in [5.41, 5.74) is -6.63. The first-order chi connectivity index (χ1) is 26.5. The van der Waals surface area contributed by atoms with Gasteiger partial charge in [0.1, 0.15) is 11.4 Å². The number of aromatic carboxylic acids is 2. The molecule has 0 saturated carbocycles. The monoisotopic (exact) mass is 800 g/mol. The van der Waals surface area contributed by atoms with E-state index < -0.39 is 124 Å². The van der Waals surface area contributed by atoms with Gasteiger partial charge >= 0.3 is 11.9 Å². The molecule has 0 amide bonds. The molecule has 0 aliphatic rings. The second kappa shape index (κ2) is 20.6. The smallest absolute Gasteiger partial charge is 0.352 e. The van der Waals surface area contributed by atoms with Crippen molar-refractivity contribution in [3.63, 3.8) is 0 Å². The van der Waals surface area contributed by atoms with Crippen LogP contribution in [0.3, 0.4) is 0 Å². The lowest BCUT2D eigenvalue weighted by atomic mass is 9.94. The van der Waals surface area contributed by atoms with Gasteiger partial charge in [0, 0.05) is 33.7 Å². The van der Waals surface area contributed by atoms with Crippen LogP contribution in [0.4, 0.5) is 0 Å². The minimum atomic E-state index is -1.45. The molecule has 4 aromatic rings. The molecule has 0 spiro atoms. The predicted molar refractivity (Wildman–Crippen MR) is 196 cm³/mol. The standard InChI is InChI=1S/C18H10N2O6.2C8H19NO6/c21-13-5-12(18(25)26)20-16-8-2-4-10-14(22)6-11(17(23)24)19-15(10)7(8)1-3-9(13)16;2*10-1-7(2-11,3-12)9-8(4-13,5-14)6-15/h1-6H,(H,19,22)(H,20,21)(H,23,24)(H,25,26);2*9-15H,1-6H2. The highest BCUT2D eigenvalue weighted by molar-refractivity contribution is 6.15. The molecular formula is C34H48N4O18. The number of H-pyrrole nitrogens is 2. The molecule has 312 valence electrons. The highest BCUT2D eigenvalue weighted by atomic mass is 16.4. The Hall–Kier alpha value is -4.50. The fourth-order valence-corrected chi connectivity index (χ4v) is 5.27. The molecular weight excluding hydrogens is 752 g/mol. The first-order valence-corrected chi connectivity index (χ1v) is 16.5. The normalized spacial score (nSPS) is 12.3. The lowest BCUT2D eigenvalue weighted by Gasteiger charge is -2.39. The number of aromatic amines is 2. The summed E-state index contributed by atoms with van der Waals surface area (Å²) in [4.78, 5) is 52.3. The molecule has 0 aliphatic carbocycles. The first-order valence-electron chi connectivity index (χ1n) is 16.5. The van der Waals surface area contributed by atoms with Crippen LogP contribution in [0.15, 0.2) is 46.0 Å². The molecule has 22 heteroatoms. The van der Waals surface area contributed by atoms with Crippen LogP contribution in [0.5, 0.6) is 0 Å². The maximum absolute atomic E-state index is 12.2. The Bertz CT molecular complexity index is 1820. The predicted octanol–water partition coefficient (Wildman–Crippen LogP) is -6.07. The van der Waals surface area contributed by atoms with Crippen molar-refractivity contribution in [1.29, 1.82) is 0 Å². The Labute approximate surface area is 315 Å². The van der Waals surface area contributed by atoms with Crippen LogP contribution in [0.2, 0.25) is 0 Å². The van der Waals surface area contributed by atoms with Crippen LogP contribution >= 0.6 is 0 Å². The number of aliphatic hydroxyl groups excluding tert-OH is 12. The number of rotatable bonds is 18. The number of carbonyl (C=O) groups is 2. The summed E-state index contributed by atoms with van der Waals surface area (Å²) < 4.78 is 0. The average Bonchev–Trinajstić information content (AvgIpc) is 3.23. The van der Waals surface area contributed by atoms with E-state index in [1.807, 2.05) is 0 Å². The van der Waals surface area contributed by atoms with Crippen LogP contribution in [0, 0.1) is 0 Å². The second-order valence-electron chi connectivity index (χ2n) is 13.0. The number of carboxylic acids is 2. The zero-order chi connectivity index (χ0) is 42.5. The summed E-state index contributed by atoms with van der Waals surface area (Å²) in [6.07, 6.45) is 0. The number of nitrogens with one attached hydrogen (secondary N) is 4. The summed E-state index contributed by atoms with van der Waals surface area (Å²) >= 11 is 0. The summed E-state index contributed by atoms with van der Waals surface area (Å²) in [5, 5.41) is 133. The van der Waals surface area contributed by atoms with Gasteiger partial charge in [0.15, 0.2) is 10.9 Å². The molecule has 56 heavy (non-hydrogen) atoms. The van der Waals surface area contributed by atoms with Crippen molar-refractivity contribution in [2.24, 2.45) is 0 Å². The molecule has 2 heterocycles. The van der Waals surface area contributed by atoms with Crippen molar-refractivity contribution in [1.82, 2.24) is 20.6 Å². The van der Waals surface area contributed by atoms with E-state index in [1.54, 1.807) is 12.1 Å². The summed E-state index contributed by atoms with van der Waals surface area (Å²) in [5.74, 6) is -2.55. The van der Waals surface area contributed by atoms with Crippen molar-refractivity contribution in [3.8, 4) is 0 Å². The Kier molecular flexibility index (Phi) is 17.5. The molecule has 2 aromatic heterocycles. The summed E-state index contributed by atoms with van der Waals surface area (Å²) in [7, 11) is 0. The van der Waals surface area contributed by atoms with E-state index >= 15 is 0 Å².